The van der Waals surface area contributed by atoms with Gasteiger partial charge in [-0.1, -0.05) is 0 Å². The number of carbonyl (C=O) groups excluding carboxylic acids is 1. The molecule has 0 amide bonds. The van der Waals surface area contributed by atoms with E-state index in [9.17, 15) is 4.79 Å². The fraction of sp³-hybridized carbons (Fsp3) is 0.727. The van der Waals surface area contributed by atoms with Gasteiger partial charge in [0.05, 0.1) is 7.11 Å². The van der Waals surface area contributed by atoms with Crippen molar-refractivity contribution in [1.82, 2.24) is 5.32 Å². The summed E-state index contributed by atoms with van der Waals surface area (Å²) in [6, 6.07) is 0.432. The second kappa shape index (κ2) is 4.13. The molecule has 0 spiro atoms. The third-order valence-corrected chi connectivity index (χ3v) is 3.31. The Morgan fingerprint density at radius 2 is 2.43 bits per heavy atom. The minimum absolute atomic E-state index is 0.217. The van der Waals surface area contributed by atoms with Crippen molar-refractivity contribution in [2.45, 2.75) is 31.7 Å². The van der Waals surface area contributed by atoms with Crippen LogP contribution in [0.4, 0.5) is 0 Å². The number of methoxy groups -OCH3 is 1. The van der Waals surface area contributed by atoms with Crippen LogP contribution in [0.2, 0.25) is 0 Å². The third-order valence-electron chi connectivity index (χ3n) is 3.31. The van der Waals surface area contributed by atoms with Gasteiger partial charge in [-0.05, 0) is 43.7 Å². The molecule has 0 radical (unpaired) electrons. The molecule has 3 heteroatoms. The topological polar surface area (TPSA) is 38.3 Å². The number of ether oxygens (including phenoxy) is 1. The van der Waals surface area contributed by atoms with Crippen LogP contribution in [0.25, 0.3) is 0 Å². The molecule has 2 aliphatic rings. The predicted octanol–water partition coefficient (Wildman–Crippen LogP) is 1.25. The van der Waals surface area contributed by atoms with Crippen molar-refractivity contribution >= 4 is 5.97 Å². The van der Waals surface area contributed by atoms with Gasteiger partial charge in [0.15, 0.2) is 0 Å². The Balaban J connectivity index is 2.05. The SMILES string of the molecule is COC(=O)/C=C1\CCC2CCNC1C2. The van der Waals surface area contributed by atoms with Crippen LogP contribution in [0.3, 0.4) is 0 Å². The maximum absolute atomic E-state index is 11.1. The molecule has 0 aromatic carbocycles. The number of rotatable bonds is 1. The van der Waals surface area contributed by atoms with Gasteiger partial charge in [0.25, 0.3) is 0 Å². The number of carbonyl (C=O) groups is 1. The van der Waals surface area contributed by atoms with Crippen molar-refractivity contribution in [2.75, 3.05) is 13.7 Å². The number of nitrogens with one attached hydrogen (secondary N) is 1. The molecule has 2 bridgehead atoms. The second-order valence-corrected chi connectivity index (χ2v) is 4.18. The van der Waals surface area contributed by atoms with Crippen molar-refractivity contribution < 1.29 is 9.53 Å². The quantitative estimate of drug-likeness (QED) is 0.505. The van der Waals surface area contributed by atoms with Gasteiger partial charge in [-0.3, -0.25) is 0 Å². The lowest BCUT2D eigenvalue weighted by atomic mass is 9.78. The zero-order valence-electron chi connectivity index (χ0n) is 8.58. The molecule has 3 nitrogen and oxygen atoms in total. The Bertz CT molecular complexity index is 260. The second-order valence-electron chi connectivity index (χ2n) is 4.18. The van der Waals surface area contributed by atoms with Crippen LogP contribution < -0.4 is 5.32 Å². The maximum Gasteiger partial charge on any atom is 0.330 e. The first-order valence-corrected chi connectivity index (χ1v) is 5.31. The van der Waals surface area contributed by atoms with Gasteiger partial charge < -0.3 is 10.1 Å². The normalized spacial score (nSPS) is 34.2. The molecule has 2 unspecified atom stereocenters. The number of piperidine rings is 1. The van der Waals surface area contributed by atoms with Crippen LogP contribution >= 0.6 is 0 Å². The number of hydrogen-bond acceptors (Lipinski definition) is 3. The molecule has 1 heterocycles. The van der Waals surface area contributed by atoms with Gasteiger partial charge in [-0.2, -0.15) is 0 Å². The van der Waals surface area contributed by atoms with E-state index in [1.807, 2.05) is 0 Å². The Kier molecular flexibility index (Phi) is 2.87. The Morgan fingerprint density at radius 3 is 3.21 bits per heavy atom. The van der Waals surface area contributed by atoms with Gasteiger partial charge in [0.2, 0.25) is 0 Å². The van der Waals surface area contributed by atoms with Crippen LogP contribution in [0, 0.1) is 5.92 Å². The summed E-state index contributed by atoms with van der Waals surface area (Å²) in [5.41, 5.74) is 1.23. The van der Waals surface area contributed by atoms with E-state index in [4.69, 9.17) is 0 Å². The molecular weight excluding hydrogens is 178 g/mol. The van der Waals surface area contributed by atoms with Crippen LogP contribution in [-0.4, -0.2) is 25.7 Å². The molecule has 1 aliphatic heterocycles. The first kappa shape index (κ1) is 9.71. The molecular formula is C11H17NO2. The summed E-state index contributed by atoms with van der Waals surface area (Å²) in [4.78, 5) is 11.1. The number of fused-ring (bicyclic) bond motifs is 2. The smallest absolute Gasteiger partial charge is 0.330 e. The van der Waals surface area contributed by atoms with Crippen LogP contribution in [0.5, 0.6) is 0 Å². The zero-order chi connectivity index (χ0) is 9.97. The molecule has 1 aliphatic carbocycles. The number of hydrogen-bond donors (Lipinski definition) is 1. The monoisotopic (exact) mass is 195 g/mol. The van der Waals surface area contributed by atoms with Crippen molar-refractivity contribution in [3.63, 3.8) is 0 Å². The summed E-state index contributed by atoms with van der Waals surface area (Å²) >= 11 is 0. The molecule has 0 aromatic heterocycles. The van der Waals surface area contributed by atoms with Gasteiger partial charge >= 0.3 is 5.97 Å². The summed E-state index contributed by atoms with van der Waals surface area (Å²) in [7, 11) is 1.43. The van der Waals surface area contributed by atoms with E-state index in [0.29, 0.717) is 6.04 Å². The molecule has 1 saturated carbocycles. The highest BCUT2D eigenvalue weighted by molar-refractivity contribution is 5.82. The molecule has 78 valence electrons. The standard InChI is InChI=1S/C11H17NO2/c1-14-11(13)7-9-3-2-8-4-5-12-10(9)6-8/h7-8,10,12H,2-6H2,1H3/b9-7+. The molecule has 1 N–H and O–H groups in total. The fourth-order valence-corrected chi connectivity index (χ4v) is 2.47. The summed E-state index contributed by atoms with van der Waals surface area (Å²) in [6.45, 7) is 1.09. The van der Waals surface area contributed by atoms with Gasteiger partial charge in [0, 0.05) is 12.1 Å². The first-order valence-electron chi connectivity index (χ1n) is 5.31. The average molecular weight is 195 g/mol. The Morgan fingerprint density at radius 1 is 1.57 bits per heavy atom. The molecule has 0 aromatic rings. The fourth-order valence-electron chi connectivity index (χ4n) is 2.47. The summed E-state index contributed by atoms with van der Waals surface area (Å²) in [5, 5.41) is 3.45. The van der Waals surface area contributed by atoms with Crippen molar-refractivity contribution in [1.29, 1.82) is 0 Å². The lowest BCUT2D eigenvalue weighted by Crippen LogP contribution is -2.42. The Labute approximate surface area is 84.5 Å². The highest BCUT2D eigenvalue weighted by Gasteiger charge is 2.29. The highest BCUT2D eigenvalue weighted by Crippen LogP contribution is 2.33. The minimum Gasteiger partial charge on any atom is -0.466 e. The summed E-state index contributed by atoms with van der Waals surface area (Å²) in [5.74, 6) is 0.655. The van der Waals surface area contributed by atoms with Crippen LogP contribution in [0.15, 0.2) is 11.6 Å². The van der Waals surface area contributed by atoms with E-state index in [0.717, 1.165) is 18.9 Å². The van der Waals surface area contributed by atoms with Crippen LogP contribution in [-0.2, 0) is 9.53 Å². The highest BCUT2D eigenvalue weighted by atomic mass is 16.5. The van der Waals surface area contributed by atoms with Gasteiger partial charge in [0.1, 0.15) is 0 Å². The summed E-state index contributed by atoms with van der Waals surface area (Å²) in [6.07, 6.45) is 6.45. The van der Waals surface area contributed by atoms with Gasteiger partial charge in [-0.25, -0.2) is 4.79 Å². The maximum atomic E-state index is 11.1. The molecule has 2 atom stereocenters. The lowest BCUT2D eigenvalue weighted by Gasteiger charge is -2.37. The van der Waals surface area contributed by atoms with Gasteiger partial charge in [-0.15, -0.1) is 0 Å². The van der Waals surface area contributed by atoms with E-state index in [1.54, 1.807) is 6.08 Å². The van der Waals surface area contributed by atoms with E-state index >= 15 is 0 Å². The number of esters is 1. The molecule has 1 saturated heterocycles. The van der Waals surface area contributed by atoms with E-state index in [1.165, 1.54) is 31.9 Å². The molecule has 14 heavy (non-hydrogen) atoms. The van der Waals surface area contributed by atoms with Crippen LogP contribution in [0.1, 0.15) is 25.7 Å². The molecule has 2 rings (SSSR count). The third kappa shape index (κ3) is 1.98. The largest absolute Gasteiger partial charge is 0.466 e. The van der Waals surface area contributed by atoms with E-state index in [-0.39, 0.29) is 5.97 Å². The van der Waals surface area contributed by atoms with Crippen molar-refractivity contribution in [2.24, 2.45) is 5.92 Å². The first-order chi connectivity index (χ1) is 6.79. The molecule has 2 fully saturated rings. The Hall–Kier alpha value is -0.830. The summed E-state index contributed by atoms with van der Waals surface area (Å²) < 4.78 is 4.65. The average Bonchev–Trinajstić information content (AvgIpc) is 2.23. The van der Waals surface area contributed by atoms with E-state index in [2.05, 4.69) is 10.1 Å². The zero-order valence-corrected chi connectivity index (χ0v) is 8.58. The lowest BCUT2D eigenvalue weighted by molar-refractivity contribution is -0.134. The minimum atomic E-state index is -0.217. The predicted molar refractivity (Wildman–Crippen MR) is 53.8 cm³/mol. The van der Waals surface area contributed by atoms with E-state index < -0.39 is 0 Å². The van der Waals surface area contributed by atoms with Crippen molar-refractivity contribution in [3.05, 3.63) is 11.6 Å². The van der Waals surface area contributed by atoms with Crippen molar-refractivity contribution in [3.8, 4) is 0 Å².